The van der Waals surface area contributed by atoms with Crippen LogP contribution in [0.1, 0.15) is 42.5 Å². The topological polar surface area (TPSA) is 90.5 Å². The van der Waals surface area contributed by atoms with Crippen LogP contribution in [0.2, 0.25) is 0 Å². The van der Waals surface area contributed by atoms with Crippen molar-refractivity contribution >= 4 is 16.0 Å². The molecule has 0 aromatic carbocycles. The Morgan fingerprint density at radius 1 is 1.38 bits per heavy atom. The lowest BCUT2D eigenvalue weighted by molar-refractivity contribution is 0.0690. The highest BCUT2D eigenvalue weighted by Crippen LogP contribution is 2.30. The first-order chi connectivity index (χ1) is 9.44. The number of carboxylic acids is 1. The molecule has 0 aliphatic rings. The molecule has 0 aliphatic carbocycles. The van der Waals surface area contributed by atoms with E-state index >= 15 is 0 Å². The molecule has 0 saturated carbocycles. The number of aryl methyl sites for hydroxylation is 1. The van der Waals surface area contributed by atoms with Gasteiger partial charge in [-0.3, -0.25) is 0 Å². The highest BCUT2D eigenvalue weighted by Gasteiger charge is 2.37. The van der Waals surface area contributed by atoms with Crippen molar-refractivity contribution < 1.29 is 18.3 Å². The molecule has 2 N–H and O–H groups in total. The van der Waals surface area contributed by atoms with Crippen LogP contribution in [0.25, 0.3) is 0 Å². The highest BCUT2D eigenvalue weighted by atomic mass is 32.2. The molecule has 0 fully saturated rings. The number of nitrogens with zero attached hydrogens (tertiary/aromatic N) is 1. The number of H-pyrrole nitrogens is 1. The summed E-state index contributed by atoms with van der Waals surface area (Å²) in [6.45, 7) is 12.1. The predicted octanol–water partition coefficient (Wildman–Crippen LogP) is 2.30. The van der Waals surface area contributed by atoms with Gasteiger partial charge in [-0.05, 0) is 34.6 Å². The molecule has 0 unspecified atom stereocenters. The molecule has 118 valence electrons. The molecule has 6 nitrogen and oxygen atoms in total. The minimum atomic E-state index is -3.83. The van der Waals surface area contributed by atoms with Gasteiger partial charge in [0.2, 0.25) is 10.0 Å². The van der Waals surface area contributed by atoms with Crippen LogP contribution in [-0.4, -0.2) is 40.9 Å². The van der Waals surface area contributed by atoms with Crippen molar-refractivity contribution in [2.24, 2.45) is 0 Å². The van der Waals surface area contributed by atoms with Gasteiger partial charge in [0.25, 0.3) is 0 Å². The monoisotopic (exact) mass is 314 g/mol. The fourth-order valence-electron chi connectivity index (χ4n) is 2.29. The minimum absolute atomic E-state index is 0.0247. The maximum atomic E-state index is 12.9. The Balaban J connectivity index is 3.57. The molecule has 1 rings (SSSR count). The fourth-order valence-corrected chi connectivity index (χ4v) is 4.46. The van der Waals surface area contributed by atoms with Crippen LogP contribution in [-0.2, 0) is 10.0 Å². The molecular weight excluding hydrogens is 292 g/mol. The van der Waals surface area contributed by atoms with Crippen LogP contribution >= 0.6 is 0 Å². The quantitative estimate of drug-likeness (QED) is 0.816. The standard InChI is InChI=1S/C14H22N2O4S/c1-7-8-16(14(4,5)6)21(19,20)12-9(2)11(13(17)18)15-10(12)3/h7,15H,1,8H2,2-6H3,(H,17,18). The van der Waals surface area contributed by atoms with E-state index in [9.17, 15) is 13.2 Å². The second kappa shape index (κ2) is 5.65. The Kier molecular flexibility index (Phi) is 4.70. The van der Waals surface area contributed by atoms with Gasteiger partial charge >= 0.3 is 5.97 Å². The summed E-state index contributed by atoms with van der Waals surface area (Å²) < 4.78 is 27.1. The van der Waals surface area contributed by atoms with Crippen molar-refractivity contribution in [3.63, 3.8) is 0 Å². The summed E-state index contributed by atoms with van der Waals surface area (Å²) in [6.07, 6.45) is 1.51. The number of aromatic nitrogens is 1. The molecule has 0 radical (unpaired) electrons. The molecule has 1 aromatic heterocycles. The second-order valence-corrected chi connectivity index (χ2v) is 7.68. The first-order valence-corrected chi connectivity index (χ1v) is 7.94. The van der Waals surface area contributed by atoms with Crippen LogP contribution in [0.15, 0.2) is 17.6 Å². The average Bonchev–Trinajstić information content (AvgIpc) is 2.60. The van der Waals surface area contributed by atoms with E-state index in [0.717, 1.165) is 0 Å². The summed E-state index contributed by atoms with van der Waals surface area (Å²) in [5.74, 6) is -1.18. The number of sulfonamides is 1. The van der Waals surface area contributed by atoms with Crippen LogP contribution in [0, 0.1) is 13.8 Å². The smallest absolute Gasteiger partial charge is 0.352 e. The highest BCUT2D eigenvalue weighted by molar-refractivity contribution is 7.89. The van der Waals surface area contributed by atoms with E-state index in [0.29, 0.717) is 5.69 Å². The van der Waals surface area contributed by atoms with Crippen LogP contribution in [0.5, 0.6) is 0 Å². The van der Waals surface area contributed by atoms with Gasteiger partial charge < -0.3 is 10.1 Å². The lowest BCUT2D eigenvalue weighted by atomic mass is 10.1. The first kappa shape index (κ1) is 17.5. The van der Waals surface area contributed by atoms with E-state index in [1.165, 1.54) is 17.3 Å². The lowest BCUT2D eigenvalue weighted by Gasteiger charge is -2.33. The summed E-state index contributed by atoms with van der Waals surface area (Å²) in [4.78, 5) is 13.8. The number of aromatic amines is 1. The van der Waals surface area contributed by atoms with Crippen molar-refractivity contribution in [2.75, 3.05) is 6.54 Å². The number of carboxylic acid groups (broad SMARTS) is 1. The number of hydrogen-bond donors (Lipinski definition) is 2. The molecule has 0 atom stereocenters. The SMILES string of the molecule is C=CCN(C(C)(C)C)S(=O)(=O)c1c(C)[nH]c(C(=O)O)c1C. The molecular formula is C14H22N2O4S. The van der Waals surface area contributed by atoms with Gasteiger partial charge in [0.05, 0.1) is 0 Å². The van der Waals surface area contributed by atoms with E-state index < -0.39 is 21.5 Å². The Bertz CT molecular complexity index is 666. The van der Waals surface area contributed by atoms with E-state index in [1.807, 2.05) is 0 Å². The van der Waals surface area contributed by atoms with E-state index in [2.05, 4.69) is 11.6 Å². The van der Waals surface area contributed by atoms with E-state index in [-0.39, 0.29) is 22.7 Å². The molecule has 0 saturated heterocycles. The van der Waals surface area contributed by atoms with Crippen LogP contribution < -0.4 is 0 Å². The lowest BCUT2D eigenvalue weighted by Crippen LogP contribution is -2.45. The first-order valence-electron chi connectivity index (χ1n) is 6.50. The zero-order chi connectivity index (χ0) is 16.6. The number of aromatic carboxylic acids is 1. The molecule has 21 heavy (non-hydrogen) atoms. The zero-order valence-corrected chi connectivity index (χ0v) is 13.8. The number of hydrogen-bond acceptors (Lipinski definition) is 3. The molecule has 1 aromatic rings. The Hall–Kier alpha value is -1.60. The molecule has 7 heteroatoms. The van der Waals surface area contributed by atoms with Gasteiger partial charge in [0, 0.05) is 23.3 Å². The Morgan fingerprint density at radius 3 is 2.24 bits per heavy atom. The maximum Gasteiger partial charge on any atom is 0.352 e. The van der Waals surface area contributed by atoms with Gasteiger partial charge in [0.15, 0.2) is 0 Å². The summed E-state index contributed by atoms with van der Waals surface area (Å²) in [5.41, 5.74) is -0.202. The average molecular weight is 314 g/mol. The van der Waals surface area contributed by atoms with Crippen molar-refractivity contribution in [2.45, 2.75) is 45.1 Å². The van der Waals surface area contributed by atoms with Crippen molar-refractivity contribution in [1.82, 2.24) is 9.29 Å². The van der Waals surface area contributed by atoms with Gasteiger partial charge in [-0.25, -0.2) is 13.2 Å². The third kappa shape index (κ3) is 3.19. The zero-order valence-electron chi connectivity index (χ0n) is 13.0. The fraction of sp³-hybridized carbons (Fsp3) is 0.500. The van der Waals surface area contributed by atoms with Crippen LogP contribution in [0.3, 0.4) is 0 Å². The molecule has 0 spiro atoms. The molecule has 0 amide bonds. The van der Waals surface area contributed by atoms with Crippen molar-refractivity contribution in [1.29, 1.82) is 0 Å². The second-order valence-electron chi connectivity index (χ2n) is 5.88. The van der Waals surface area contributed by atoms with Gasteiger partial charge in [-0.15, -0.1) is 6.58 Å². The number of carbonyl (C=O) groups is 1. The molecule has 1 heterocycles. The molecule has 0 aliphatic heterocycles. The van der Waals surface area contributed by atoms with Crippen molar-refractivity contribution in [3.8, 4) is 0 Å². The Labute approximate surface area is 125 Å². The number of rotatable bonds is 5. The van der Waals surface area contributed by atoms with E-state index in [1.54, 1.807) is 27.7 Å². The van der Waals surface area contributed by atoms with Gasteiger partial charge in [-0.2, -0.15) is 4.31 Å². The summed E-state index contributed by atoms with van der Waals surface area (Å²) >= 11 is 0. The predicted molar refractivity (Wildman–Crippen MR) is 81.1 cm³/mol. The van der Waals surface area contributed by atoms with Crippen molar-refractivity contribution in [3.05, 3.63) is 29.6 Å². The number of nitrogens with one attached hydrogen (secondary N) is 1. The van der Waals surface area contributed by atoms with Gasteiger partial charge in [0.1, 0.15) is 10.6 Å². The van der Waals surface area contributed by atoms with E-state index in [4.69, 9.17) is 5.11 Å². The minimum Gasteiger partial charge on any atom is -0.477 e. The summed E-state index contributed by atoms with van der Waals surface area (Å²) in [5, 5.41) is 9.12. The largest absolute Gasteiger partial charge is 0.477 e. The third-order valence-electron chi connectivity index (χ3n) is 3.17. The maximum absolute atomic E-state index is 12.9. The van der Waals surface area contributed by atoms with Crippen LogP contribution in [0.4, 0.5) is 0 Å². The molecule has 0 bridgehead atoms. The third-order valence-corrected chi connectivity index (χ3v) is 5.58. The normalized spacial score (nSPS) is 12.7. The Morgan fingerprint density at radius 2 is 1.90 bits per heavy atom. The summed E-state index contributed by atoms with van der Waals surface area (Å²) in [7, 11) is -3.83. The summed E-state index contributed by atoms with van der Waals surface area (Å²) in [6, 6.07) is 0. The van der Waals surface area contributed by atoms with Gasteiger partial charge in [-0.1, -0.05) is 6.08 Å².